The van der Waals surface area contributed by atoms with Gasteiger partial charge in [-0.1, -0.05) is 0 Å². The Hall–Kier alpha value is 0.230. The highest BCUT2D eigenvalue weighted by molar-refractivity contribution is 7.99. The quantitative estimate of drug-likeness (QED) is 0.862. The molecule has 3 atom stereocenters. The summed E-state index contributed by atoms with van der Waals surface area (Å²) in [5, 5.41) is 3.74. The summed E-state index contributed by atoms with van der Waals surface area (Å²) in [5.41, 5.74) is 0.243. The molecule has 4 rings (SSSR count). The van der Waals surface area contributed by atoms with Gasteiger partial charge in [-0.25, -0.2) is 0 Å². The number of rotatable bonds is 4. The monoisotopic (exact) mass is 310 g/mol. The minimum atomic E-state index is 0.243. The van der Waals surface area contributed by atoms with E-state index in [-0.39, 0.29) is 5.60 Å². The molecule has 0 bridgehead atoms. The molecule has 1 aliphatic carbocycles. The van der Waals surface area contributed by atoms with Gasteiger partial charge in [0.05, 0.1) is 5.60 Å². The van der Waals surface area contributed by atoms with Crippen molar-refractivity contribution < 1.29 is 4.74 Å². The number of ether oxygens (including phenoxy) is 1. The van der Waals surface area contributed by atoms with Crippen LogP contribution in [0.5, 0.6) is 0 Å². The third-order valence-corrected chi connectivity index (χ3v) is 7.10. The number of likely N-dealkylation sites (tertiary alicyclic amines) is 1. The van der Waals surface area contributed by atoms with E-state index in [1.54, 1.807) is 0 Å². The highest BCUT2D eigenvalue weighted by Gasteiger charge is 2.42. The van der Waals surface area contributed by atoms with Crippen LogP contribution in [0.3, 0.4) is 0 Å². The predicted octanol–water partition coefficient (Wildman–Crippen LogP) is 2.51. The Bertz CT molecular complexity index is 355. The molecule has 4 aliphatic rings. The molecule has 0 amide bonds. The van der Waals surface area contributed by atoms with Crippen LogP contribution in [0.15, 0.2) is 0 Å². The van der Waals surface area contributed by atoms with E-state index >= 15 is 0 Å². The third kappa shape index (κ3) is 3.60. The maximum atomic E-state index is 6.20. The van der Waals surface area contributed by atoms with Crippen LogP contribution in [-0.4, -0.2) is 60.3 Å². The normalized spacial score (nSPS) is 41.7. The summed E-state index contributed by atoms with van der Waals surface area (Å²) in [4.78, 5) is 2.82. The van der Waals surface area contributed by atoms with Crippen LogP contribution < -0.4 is 5.32 Å². The summed E-state index contributed by atoms with van der Waals surface area (Å²) in [6.45, 7) is 4.90. The Morgan fingerprint density at radius 3 is 3.00 bits per heavy atom. The average Bonchev–Trinajstić information content (AvgIpc) is 3.26. The lowest BCUT2D eigenvalue weighted by Gasteiger charge is -2.45. The summed E-state index contributed by atoms with van der Waals surface area (Å²) in [7, 11) is 0. The summed E-state index contributed by atoms with van der Waals surface area (Å²) < 4.78 is 6.20. The van der Waals surface area contributed by atoms with Gasteiger partial charge in [0.1, 0.15) is 0 Å². The van der Waals surface area contributed by atoms with Gasteiger partial charge < -0.3 is 10.1 Å². The lowest BCUT2D eigenvalue weighted by molar-refractivity contribution is -0.0938. The van der Waals surface area contributed by atoms with E-state index in [2.05, 4.69) is 22.0 Å². The largest absolute Gasteiger partial charge is 0.374 e. The van der Waals surface area contributed by atoms with Crippen LogP contribution >= 0.6 is 11.8 Å². The lowest BCUT2D eigenvalue weighted by atomic mass is 9.87. The summed E-state index contributed by atoms with van der Waals surface area (Å²) in [6, 6.07) is 1.66. The molecule has 0 aromatic rings. The molecule has 0 aromatic heterocycles. The molecule has 120 valence electrons. The Balaban J connectivity index is 1.31. The fourth-order valence-corrected chi connectivity index (χ4v) is 5.77. The topological polar surface area (TPSA) is 24.5 Å². The number of piperidine rings is 1. The van der Waals surface area contributed by atoms with Gasteiger partial charge in [0, 0.05) is 31.0 Å². The van der Waals surface area contributed by atoms with Crippen LogP contribution in [-0.2, 0) is 4.74 Å². The van der Waals surface area contributed by atoms with E-state index in [9.17, 15) is 0 Å². The maximum absolute atomic E-state index is 6.20. The molecule has 1 N–H and O–H groups in total. The fourth-order valence-electron chi connectivity index (χ4n) is 4.39. The molecule has 0 radical (unpaired) electrons. The van der Waals surface area contributed by atoms with Gasteiger partial charge in [-0.05, 0) is 69.7 Å². The highest BCUT2D eigenvalue weighted by atomic mass is 32.2. The van der Waals surface area contributed by atoms with Gasteiger partial charge in [-0.3, -0.25) is 4.90 Å². The lowest BCUT2D eigenvalue weighted by Crippen LogP contribution is -2.52. The van der Waals surface area contributed by atoms with Crippen LogP contribution in [0.4, 0.5) is 0 Å². The summed E-state index contributed by atoms with van der Waals surface area (Å²) in [5.74, 6) is 3.43. The molecular weight excluding hydrogens is 280 g/mol. The second-order valence-corrected chi connectivity index (χ2v) is 8.77. The Labute approximate surface area is 133 Å². The SMILES string of the molecule is C1CC(CNC2CC2)CN(C2CCOC3(CCSC3)C2)C1. The Morgan fingerprint density at radius 2 is 2.19 bits per heavy atom. The van der Waals surface area contributed by atoms with Gasteiger partial charge in [0.2, 0.25) is 0 Å². The molecule has 3 heterocycles. The Morgan fingerprint density at radius 1 is 1.24 bits per heavy atom. The molecule has 3 nitrogen and oxygen atoms in total. The average molecular weight is 311 g/mol. The van der Waals surface area contributed by atoms with Crippen LogP contribution in [0.1, 0.15) is 44.9 Å². The van der Waals surface area contributed by atoms with Crippen molar-refractivity contribution in [1.82, 2.24) is 10.2 Å². The first-order valence-electron chi connectivity index (χ1n) is 9.02. The standard InChI is InChI=1S/C17H30N2OS/c1-2-14(11-18-15-3-4-15)12-19(7-1)16-5-8-20-17(10-16)6-9-21-13-17/h14-16,18H,1-13H2. The zero-order valence-corrected chi connectivity index (χ0v) is 14.0. The van der Waals surface area contributed by atoms with Crippen LogP contribution in [0.25, 0.3) is 0 Å². The van der Waals surface area contributed by atoms with Gasteiger partial charge in [-0.15, -0.1) is 0 Å². The second kappa shape index (κ2) is 6.38. The predicted molar refractivity (Wildman–Crippen MR) is 89.0 cm³/mol. The number of thioether (sulfide) groups is 1. The molecule has 1 spiro atoms. The van der Waals surface area contributed by atoms with E-state index in [1.165, 1.54) is 76.1 Å². The van der Waals surface area contributed by atoms with E-state index in [4.69, 9.17) is 4.74 Å². The molecular formula is C17H30N2OS. The molecule has 3 aliphatic heterocycles. The van der Waals surface area contributed by atoms with Gasteiger partial charge in [0.15, 0.2) is 0 Å². The van der Waals surface area contributed by atoms with Gasteiger partial charge in [-0.2, -0.15) is 11.8 Å². The van der Waals surface area contributed by atoms with E-state index in [0.717, 1.165) is 24.6 Å². The van der Waals surface area contributed by atoms with E-state index in [0.29, 0.717) is 0 Å². The second-order valence-electron chi connectivity index (χ2n) is 7.67. The van der Waals surface area contributed by atoms with Crippen molar-refractivity contribution in [3.8, 4) is 0 Å². The maximum Gasteiger partial charge on any atom is 0.0795 e. The number of nitrogens with one attached hydrogen (secondary N) is 1. The zero-order valence-electron chi connectivity index (χ0n) is 13.2. The third-order valence-electron chi connectivity index (χ3n) is 5.87. The molecule has 1 saturated carbocycles. The zero-order chi connectivity index (χ0) is 14.1. The highest BCUT2D eigenvalue weighted by Crippen LogP contribution is 2.40. The van der Waals surface area contributed by atoms with Gasteiger partial charge >= 0.3 is 0 Å². The fraction of sp³-hybridized carbons (Fsp3) is 1.00. The first kappa shape index (κ1) is 14.8. The van der Waals surface area contributed by atoms with Crippen molar-refractivity contribution in [1.29, 1.82) is 0 Å². The summed E-state index contributed by atoms with van der Waals surface area (Å²) in [6.07, 6.45) is 9.50. The number of hydrogen-bond donors (Lipinski definition) is 1. The van der Waals surface area contributed by atoms with Crippen molar-refractivity contribution >= 4 is 11.8 Å². The van der Waals surface area contributed by atoms with Crippen molar-refractivity contribution in [2.75, 3.05) is 37.7 Å². The van der Waals surface area contributed by atoms with Gasteiger partial charge in [0.25, 0.3) is 0 Å². The van der Waals surface area contributed by atoms with E-state index in [1.807, 2.05) is 0 Å². The molecule has 3 saturated heterocycles. The van der Waals surface area contributed by atoms with Crippen molar-refractivity contribution in [3.05, 3.63) is 0 Å². The molecule has 3 unspecified atom stereocenters. The number of nitrogens with zero attached hydrogens (tertiary/aromatic N) is 1. The molecule has 21 heavy (non-hydrogen) atoms. The minimum absolute atomic E-state index is 0.243. The molecule has 4 heteroatoms. The smallest absolute Gasteiger partial charge is 0.0795 e. The molecule has 0 aromatic carbocycles. The van der Waals surface area contributed by atoms with Crippen molar-refractivity contribution in [2.24, 2.45) is 5.92 Å². The number of hydrogen-bond acceptors (Lipinski definition) is 4. The van der Waals surface area contributed by atoms with E-state index < -0.39 is 0 Å². The molecule has 4 fully saturated rings. The summed E-state index contributed by atoms with van der Waals surface area (Å²) >= 11 is 2.09. The Kier molecular flexibility index (Phi) is 4.50. The van der Waals surface area contributed by atoms with Crippen LogP contribution in [0.2, 0.25) is 0 Å². The minimum Gasteiger partial charge on any atom is -0.374 e. The van der Waals surface area contributed by atoms with Crippen molar-refractivity contribution in [3.63, 3.8) is 0 Å². The van der Waals surface area contributed by atoms with Crippen molar-refractivity contribution in [2.45, 2.75) is 62.6 Å². The van der Waals surface area contributed by atoms with Crippen LogP contribution in [0, 0.1) is 5.92 Å². The first-order valence-corrected chi connectivity index (χ1v) is 10.2. The first-order chi connectivity index (χ1) is 10.3.